The molecule has 2 aromatic carbocycles. The zero-order valence-electron chi connectivity index (χ0n) is 12.5. The van der Waals surface area contributed by atoms with Crippen molar-refractivity contribution in [2.24, 2.45) is 0 Å². The summed E-state index contributed by atoms with van der Waals surface area (Å²) in [4.78, 5) is 16.2. The van der Waals surface area contributed by atoms with Gasteiger partial charge in [-0.1, -0.05) is 53.7 Å². The van der Waals surface area contributed by atoms with Crippen molar-refractivity contribution >= 4 is 0 Å². The van der Waals surface area contributed by atoms with Gasteiger partial charge in [0.25, 0.3) is 0 Å². The van der Waals surface area contributed by atoms with Crippen LogP contribution in [0.2, 0.25) is 0 Å². The number of hydrogen-bond acceptors (Lipinski definition) is 6. The predicted molar refractivity (Wildman–Crippen MR) is 85.0 cm³/mol. The van der Waals surface area contributed by atoms with Crippen molar-refractivity contribution in [3.63, 3.8) is 0 Å². The largest absolute Gasteiger partial charge is 0.437 e. The summed E-state index contributed by atoms with van der Waals surface area (Å²) in [5.74, 6) is 0.422. The van der Waals surface area contributed by atoms with E-state index >= 15 is 0 Å². The first-order valence-electron chi connectivity index (χ1n) is 7.31. The van der Waals surface area contributed by atoms with Crippen LogP contribution in [0.5, 0.6) is 0 Å². The van der Waals surface area contributed by atoms with Crippen molar-refractivity contribution in [1.29, 1.82) is 0 Å². The SMILES string of the molecule is O=c1oc(-c2ccccc2)nn1Cc1nc(-c2ccccc2)no1. The van der Waals surface area contributed by atoms with E-state index in [9.17, 15) is 4.79 Å². The Morgan fingerprint density at radius 1 is 0.917 bits per heavy atom. The molecule has 0 atom stereocenters. The molecule has 0 aliphatic heterocycles. The summed E-state index contributed by atoms with van der Waals surface area (Å²) in [6.45, 7) is 0.0506. The Hall–Kier alpha value is -3.48. The highest BCUT2D eigenvalue weighted by Gasteiger charge is 2.14. The summed E-state index contributed by atoms with van der Waals surface area (Å²) in [6.07, 6.45) is 0. The third kappa shape index (κ3) is 2.74. The van der Waals surface area contributed by atoms with Gasteiger partial charge < -0.3 is 8.94 Å². The van der Waals surface area contributed by atoms with Crippen molar-refractivity contribution in [2.75, 3.05) is 0 Å². The molecule has 0 radical (unpaired) electrons. The molecule has 0 bridgehead atoms. The molecule has 4 rings (SSSR count). The average molecular weight is 320 g/mol. The molecule has 0 N–H and O–H groups in total. The minimum Gasteiger partial charge on any atom is -0.388 e. The fourth-order valence-electron chi connectivity index (χ4n) is 2.26. The Bertz CT molecular complexity index is 1000. The van der Waals surface area contributed by atoms with Gasteiger partial charge in [0.2, 0.25) is 17.6 Å². The lowest BCUT2D eigenvalue weighted by molar-refractivity contribution is 0.360. The van der Waals surface area contributed by atoms with Crippen LogP contribution < -0.4 is 5.76 Å². The Morgan fingerprint density at radius 3 is 2.29 bits per heavy atom. The van der Waals surface area contributed by atoms with Gasteiger partial charge in [-0.2, -0.15) is 9.67 Å². The van der Waals surface area contributed by atoms with Crippen molar-refractivity contribution in [3.8, 4) is 22.8 Å². The predicted octanol–water partition coefficient (Wildman–Crippen LogP) is 2.60. The van der Waals surface area contributed by atoms with Gasteiger partial charge in [0, 0.05) is 11.1 Å². The second-order valence-electron chi connectivity index (χ2n) is 5.07. The monoisotopic (exact) mass is 320 g/mol. The van der Waals surface area contributed by atoms with E-state index in [4.69, 9.17) is 8.94 Å². The van der Waals surface area contributed by atoms with Crippen LogP contribution in [0, 0.1) is 0 Å². The maximum absolute atomic E-state index is 11.9. The minimum absolute atomic E-state index is 0.0506. The Balaban J connectivity index is 1.59. The van der Waals surface area contributed by atoms with Crippen LogP contribution in [0.25, 0.3) is 22.8 Å². The molecule has 0 unspecified atom stereocenters. The Morgan fingerprint density at radius 2 is 1.58 bits per heavy atom. The number of hydrogen-bond donors (Lipinski definition) is 0. The number of benzene rings is 2. The van der Waals surface area contributed by atoms with Crippen molar-refractivity contribution in [2.45, 2.75) is 6.54 Å². The lowest BCUT2D eigenvalue weighted by Crippen LogP contribution is -2.16. The van der Waals surface area contributed by atoms with Gasteiger partial charge >= 0.3 is 5.76 Å². The average Bonchev–Trinajstić information content (AvgIpc) is 3.24. The normalized spacial score (nSPS) is 10.8. The molecular weight excluding hydrogens is 308 g/mol. The summed E-state index contributed by atoms with van der Waals surface area (Å²) in [5, 5.41) is 8.08. The molecule has 0 saturated heterocycles. The van der Waals surface area contributed by atoms with Crippen LogP contribution in [0.15, 0.2) is 74.4 Å². The molecule has 0 saturated carbocycles. The molecular formula is C17H12N4O3. The van der Waals surface area contributed by atoms with Gasteiger partial charge in [-0.05, 0) is 12.1 Å². The molecule has 2 heterocycles. The maximum Gasteiger partial charge on any atom is 0.437 e. The van der Waals surface area contributed by atoms with Crippen LogP contribution in [0.3, 0.4) is 0 Å². The van der Waals surface area contributed by atoms with Crippen LogP contribution >= 0.6 is 0 Å². The molecule has 7 heteroatoms. The van der Waals surface area contributed by atoms with E-state index in [0.717, 1.165) is 15.8 Å². The van der Waals surface area contributed by atoms with Crippen molar-refractivity contribution in [1.82, 2.24) is 19.9 Å². The molecule has 24 heavy (non-hydrogen) atoms. The summed E-state index contributed by atoms with van der Waals surface area (Å²) >= 11 is 0. The summed E-state index contributed by atoms with van der Waals surface area (Å²) < 4.78 is 11.5. The van der Waals surface area contributed by atoms with E-state index in [1.165, 1.54) is 0 Å². The fourth-order valence-corrected chi connectivity index (χ4v) is 2.26. The third-order valence-corrected chi connectivity index (χ3v) is 3.41. The smallest absolute Gasteiger partial charge is 0.388 e. The molecule has 0 aliphatic rings. The highest BCUT2D eigenvalue weighted by atomic mass is 16.5. The molecule has 0 aliphatic carbocycles. The third-order valence-electron chi connectivity index (χ3n) is 3.41. The minimum atomic E-state index is -0.576. The summed E-state index contributed by atoms with van der Waals surface area (Å²) in [5.41, 5.74) is 1.56. The van der Waals surface area contributed by atoms with Crippen LogP contribution in [0.1, 0.15) is 5.89 Å². The first-order valence-corrected chi connectivity index (χ1v) is 7.31. The second kappa shape index (κ2) is 5.96. The molecule has 118 valence electrons. The first-order chi connectivity index (χ1) is 11.8. The number of aromatic nitrogens is 4. The molecule has 0 fully saturated rings. The van der Waals surface area contributed by atoms with Gasteiger partial charge in [0.05, 0.1) is 0 Å². The topological polar surface area (TPSA) is 87.0 Å². The van der Waals surface area contributed by atoms with E-state index in [1.54, 1.807) is 0 Å². The van der Waals surface area contributed by atoms with E-state index < -0.39 is 5.76 Å². The van der Waals surface area contributed by atoms with Gasteiger partial charge in [-0.25, -0.2) is 4.79 Å². The lowest BCUT2D eigenvalue weighted by atomic mass is 10.2. The van der Waals surface area contributed by atoms with Crippen molar-refractivity contribution in [3.05, 3.63) is 77.1 Å². The Kier molecular flexibility index (Phi) is 3.51. The van der Waals surface area contributed by atoms with Gasteiger partial charge in [0.1, 0.15) is 6.54 Å². The standard InChI is InChI=1S/C17H12N4O3/c22-17-21(19-16(23-17)13-9-5-2-6-10-13)11-14-18-15(20-24-14)12-7-3-1-4-8-12/h1-10H,11H2. The molecule has 7 nitrogen and oxygen atoms in total. The molecule has 0 spiro atoms. The van der Waals surface area contributed by atoms with Crippen LogP contribution in [-0.2, 0) is 6.54 Å². The zero-order valence-corrected chi connectivity index (χ0v) is 12.5. The zero-order chi connectivity index (χ0) is 16.4. The van der Waals surface area contributed by atoms with E-state index in [-0.39, 0.29) is 18.3 Å². The van der Waals surface area contributed by atoms with Crippen LogP contribution in [-0.4, -0.2) is 19.9 Å². The highest BCUT2D eigenvalue weighted by Crippen LogP contribution is 2.16. The maximum atomic E-state index is 11.9. The van der Waals surface area contributed by atoms with E-state index in [0.29, 0.717) is 5.82 Å². The van der Waals surface area contributed by atoms with Crippen molar-refractivity contribution < 1.29 is 8.94 Å². The van der Waals surface area contributed by atoms with Crippen LogP contribution in [0.4, 0.5) is 0 Å². The molecule has 0 amide bonds. The van der Waals surface area contributed by atoms with Gasteiger partial charge in [0.15, 0.2) is 0 Å². The van der Waals surface area contributed by atoms with Gasteiger partial charge in [-0.15, -0.1) is 5.10 Å². The quantitative estimate of drug-likeness (QED) is 0.574. The fraction of sp³-hybridized carbons (Fsp3) is 0.0588. The Labute approximate surface area is 136 Å². The molecule has 4 aromatic rings. The first kappa shape index (κ1) is 14.1. The second-order valence-corrected chi connectivity index (χ2v) is 5.07. The van der Waals surface area contributed by atoms with E-state index in [1.807, 2.05) is 60.7 Å². The number of rotatable bonds is 4. The number of nitrogens with zero attached hydrogens (tertiary/aromatic N) is 4. The van der Waals surface area contributed by atoms with E-state index in [2.05, 4.69) is 15.2 Å². The summed E-state index contributed by atoms with van der Waals surface area (Å²) in [7, 11) is 0. The summed E-state index contributed by atoms with van der Waals surface area (Å²) in [6, 6.07) is 18.6. The lowest BCUT2D eigenvalue weighted by Gasteiger charge is -1.93. The highest BCUT2D eigenvalue weighted by molar-refractivity contribution is 5.53. The molecule has 2 aromatic heterocycles. The van der Waals surface area contributed by atoms with Gasteiger partial charge in [-0.3, -0.25) is 0 Å².